The van der Waals surface area contributed by atoms with Gasteiger partial charge in [0.25, 0.3) is 0 Å². The number of ketones is 1. The Hall–Kier alpha value is -1.12. The summed E-state index contributed by atoms with van der Waals surface area (Å²) in [5.41, 5.74) is 0. The van der Waals surface area contributed by atoms with Crippen molar-refractivity contribution in [3.63, 3.8) is 0 Å². The van der Waals surface area contributed by atoms with Crippen LogP contribution in [0.4, 0.5) is 0 Å². The van der Waals surface area contributed by atoms with Crippen LogP contribution in [0.1, 0.15) is 26.7 Å². The monoisotopic (exact) mass is 184 g/mol. The summed E-state index contributed by atoms with van der Waals surface area (Å²) in [4.78, 5) is 21.7. The highest BCUT2D eigenvalue weighted by molar-refractivity contribution is 5.77. The molecule has 0 saturated carbocycles. The van der Waals surface area contributed by atoms with E-state index in [0.717, 1.165) is 0 Å². The van der Waals surface area contributed by atoms with Crippen molar-refractivity contribution in [3.05, 3.63) is 12.7 Å². The number of carbonyl (C=O) groups is 2. The van der Waals surface area contributed by atoms with Crippen molar-refractivity contribution in [2.75, 3.05) is 6.61 Å². The van der Waals surface area contributed by atoms with E-state index < -0.39 is 0 Å². The Morgan fingerprint density at radius 2 is 2.15 bits per heavy atom. The van der Waals surface area contributed by atoms with Crippen molar-refractivity contribution >= 4 is 11.8 Å². The van der Waals surface area contributed by atoms with Crippen molar-refractivity contribution in [1.82, 2.24) is 0 Å². The molecule has 0 aromatic heterocycles. The van der Waals surface area contributed by atoms with Gasteiger partial charge < -0.3 is 9.53 Å². The second kappa shape index (κ2) is 6.40. The number of esters is 1. The molecule has 13 heavy (non-hydrogen) atoms. The maximum atomic E-state index is 11.1. The normalized spacial score (nSPS) is 11.8. The Kier molecular flexibility index (Phi) is 5.85. The maximum absolute atomic E-state index is 11.1. The van der Waals surface area contributed by atoms with E-state index >= 15 is 0 Å². The molecule has 0 bridgehead atoms. The van der Waals surface area contributed by atoms with Gasteiger partial charge in [-0.05, 0) is 13.3 Å². The van der Waals surface area contributed by atoms with E-state index in [1.165, 1.54) is 13.0 Å². The molecule has 1 atom stereocenters. The summed E-state index contributed by atoms with van der Waals surface area (Å²) in [6, 6.07) is 0. The van der Waals surface area contributed by atoms with E-state index in [-0.39, 0.29) is 24.3 Å². The zero-order valence-corrected chi connectivity index (χ0v) is 8.21. The predicted octanol–water partition coefficient (Wildman–Crippen LogP) is 1.72. The summed E-state index contributed by atoms with van der Waals surface area (Å²) in [6.45, 7) is 6.95. The molecule has 0 aliphatic rings. The summed E-state index contributed by atoms with van der Waals surface area (Å²) in [5.74, 6) is -0.367. The molecule has 0 aromatic carbocycles. The Balaban J connectivity index is 3.68. The highest BCUT2D eigenvalue weighted by Gasteiger charge is 2.13. The van der Waals surface area contributed by atoms with Crippen LogP contribution in [0, 0.1) is 5.92 Å². The van der Waals surface area contributed by atoms with Crippen molar-refractivity contribution in [1.29, 1.82) is 0 Å². The zero-order chi connectivity index (χ0) is 10.3. The van der Waals surface area contributed by atoms with Gasteiger partial charge in [0.15, 0.2) is 0 Å². The van der Waals surface area contributed by atoms with Crippen LogP contribution in [0.5, 0.6) is 0 Å². The van der Waals surface area contributed by atoms with Gasteiger partial charge in [-0.1, -0.05) is 19.6 Å². The molecule has 0 rings (SSSR count). The summed E-state index contributed by atoms with van der Waals surface area (Å²) in [7, 11) is 0. The Bertz CT molecular complexity index is 196. The van der Waals surface area contributed by atoms with E-state index in [1.54, 1.807) is 6.92 Å². The molecule has 0 saturated heterocycles. The standard InChI is InChI=1S/C10H16O3/c1-4-7-13-10(12)8(2)5-6-9(3)11/h4,8H,1,5-7H2,2-3H3. The molecule has 0 spiro atoms. The lowest BCUT2D eigenvalue weighted by molar-refractivity contribution is -0.146. The van der Waals surface area contributed by atoms with Crippen LogP contribution in [0.2, 0.25) is 0 Å². The lowest BCUT2D eigenvalue weighted by Crippen LogP contribution is -2.15. The highest BCUT2D eigenvalue weighted by atomic mass is 16.5. The van der Waals surface area contributed by atoms with Crippen molar-refractivity contribution in [2.45, 2.75) is 26.7 Å². The fourth-order valence-corrected chi connectivity index (χ4v) is 0.821. The zero-order valence-electron chi connectivity index (χ0n) is 8.21. The number of Topliss-reactive ketones (excluding diaryl/α,β-unsaturated/α-hetero) is 1. The number of ether oxygens (including phenoxy) is 1. The minimum atomic E-state index is -0.263. The van der Waals surface area contributed by atoms with Crippen LogP contribution in [0.25, 0.3) is 0 Å². The third-order valence-corrected chi connectivity index (χ3v) is 1.68. The highest BCUT2D eigenvalue weighted by Crippen LogP contribution is 2.07. The molecule has 74 valence electrons. The number of hydrogen-bond acceptors (Lipinski definition) is 3. The minimum absolute atomic E-state index is 0.100. The summed E-state index contributed by atoms with van der Waals surface area (Å²) in [5, 5.41) is 0. The maximum Gasteiger partial charge on any atom is 0.308 e. The van der Waals surface area contributed by atoms with Crippen LogP contribution in [0.3, 0.4) is 0 Å². The second-order valence-corrected chi connectivity index (χ2v) is 3.06. The molecule has 0 heterocycles. The quantitative estimate of drug-likeness (QED) is 0.466. The van der Waals surface area contributed by atoms with Crippen LogP contribution in [-0.4, -0.2) is 18.4 Å². The molecule has 3 nitrogen and oxygen atoms in total. The third kappa shape index (κ3) is 6.08. The first-order valence-electron chi connectivity index (χ1n) is 4.35. The van der Waals surface area contributed by atoms with Gasteiger partial charge in [-0.2, -0.15) is 0 Å². The molecule has 0 amide bonds. The van der Waals surface area contributed by atoms with Crippen LogP contribution in [0.15, 0.2) is 12.7 Å². The SMILES string of the molecule is C=CCOC(=O)C(C)CCC(C)=O. The molecule has 0 aliphatic carbocycles. The minimum Gasteiger partial charge on any atom is -0.461 e. The Labute approximate surface area is 78.8 Å². The van der Waals surface area contributed by atoms with Crippen LogP contribution >= 0.6 is 0 Å². The van der Waals surface area contributed by atoms with E-state index in [1.807, 2.05) is 0 Å². The van der Waals surface area contributed by atoms with Gasteiger partial charge in [0.05, 0.1) is 5.92 Å². The van der Waals surface area contributed by atoms with Gasteiger partial charge in [0.2, 0.25) is 0 Å². The lowest BCUT2D eigenvalue weighted by Gasteiger charge is -2.08. The first-order valence-corrected chi connectivity index (χ1v) is 4.35. The first kappa shape index (κ1) is 11.9. The van der Waals surface area contributed by atoms with Gasteiger partial charge in [0.1, 0.15) is 12.4 Å². The molecule has 0 N–H and O–H groups in total. The summed E-state index contributed by atoms with van der Waals surface area (Å²) < 4.78 is 4.82. The number of rotatable bonds is 6. The third-order valence-electron chi connectivity index (χ3n) is 1.68. The summed E-state index contributed by atoms with van der Waals surface area (Å²) in [6.07, 6.45) is 2.52. The molecule has 0 fully saturated rings. The van der Waals surface area contributed by atoms with Crippen molar-refractivity contribution in [3.8, 4) is 0 Å². The fourth-order valence-electron chi connectivity index (χ4n) is 0.821. The van der Waals surface area contributed by atoms with Crippen LogP contribution in [-0.2, 0) is 14.3 Å². The van der Waals surface area contributed by atoms with Crippen molar-refractivity contribution in [2.24, 2.45) is 5.92 Å². The topological polar surface area (TPSA) is 43.4 Å². The van der Waals surface area contributed by atoms with Crippen LogP contribution < -0.4 is 0 Å². The number of carbonyl (C=O) groups excluding carboxylic acids is 2. The largest absolute Gasteiger partial charge is 0.461 e. The van der Waals surface area contributed by atoms with E-state index in [2.05, 4.69) is 6.58 Å². The van der Waals surface area contributed by atoms with Gasteiger partial charge in [-0.25, -0.2) is 0 Å². The average Bonchev–Trinajstić information content (AvgIpc) is 2.10. The van der Waals surface area contributed by atoms with Gasteiger partial charge in [-0.15, -0.1) is 0 Å². The smallest absolute Gasteiger partial charge is 0.308 e. The van der Waals surface area contributed by atoms with E-state index in [0.29, 0.717) is 12.8 Å². The van der Waals surface area contributed by atoms with E-state index in [4.69, 9.17) is 4.74 Å². The van der Waals surface area contributed by atoms with Gasteiger partial charge in [-0.3, -0.25) is 4.79 Å². The second-order valence-electron chi connectivity index (χ2n) is 3.06. The Morgan fingerprint density at radius 3 is 2.62 bits per heavy atom. The molecule has 0 radical (unpaired) electrons. The Morgan fingerprint density at radius 1 is 1.54 bits per heavy atom. The predicted molar refractivity (Wildman–Crippen MR) is 50.2 cm³/mol. The molecule has 1 unspecified atom stereocenters. The van der Waals surface area contributed by atoms with Gasteiger partial charge >= 0.3 is 5.97 Å². The average molecular weight is 184 g/mol. The van der Waals surface area contributed by atoms with Crippen molar-refractivity contribution < 1.29 is 14.3 Å². The molecular formula is C10H16O3. The molecule has 3 heteroatoms. The number of hydrogen-bond donors (Lipinski definition) is 0. The molecule has 0 aliphatic heterocycles. The lowest BCUT2D eigenvalue weighted by atomic mass is 10.0. The fraction of sp³-hybridized carbons (Fsp3) is 0.600. The molecular weight excluding hydrogens is 168 g/mol. The summed E-state index contributed by atoms with van der Waals surface area (Å²) >= 11 is 0. The van der Waals surface area contributed by atoms with Gasteiger partial charge in [0, 0.05) is 6.42 Å². The molecule has 0 aromatic rings. The van der Waals surface area contributed by atoms with E-state index in [9.17, 15) is 9.59 Å². The first-order chi connectivity index (χ1) is 6.07.